The molecule has 9 nitrogen and oxygen atoms in total. The van der Waals surface area contributed by atoms with Crippen LogP contribution in [0.3, 0.4) is 0 Å². The van der Waals surface area contributed by atoms with Gasteiger partial charge in [0.15, 0.2) is 11.5 Å². The van der Waals surface area contributed by atoms with Crippen molar-refractivity contribution in [3.05, 3.63) is 52.1 Å². The van der Waals surface area contributed by atoms with Crippen LogP contribution in [-0.2, 0) is 0 Å². The second-order valence-electron chi connectivity index (χ2n) is 5.36. The highest BCUT2D eigenvalue weighted by Crippen LogP contribution is 2.34. The van der Waals surface area contributed by atoms with Crippen molar-refractivity contribution in [2.45, 2.75) is 0 Å². The van der Waals surface area contributed by atoms with Gasteiger partial charge in [0.1, 0.15) is 11.4 Å². The molecule has 0 fully saturated rings. The molecule has 2 aromatic carbocycles. The van der Waals surface area contributed by atoms with Gasteiger partial charge in [-0.1, -0.05) is 12.1 Å². The maximum Gasteiger partial charge on any atom is 0.292 e. The quantitative estimate of drug-likeness (QED) is 0.393. The first-order chi connectivity index (χ1) is 13.0. The molecule has 0 bridgehead atoms. The molecule has 9 heteroatoms. The molecule has 0 aliphatic rings. The molecule has 0 saturated carbocycles. The average molecular weight is 375 g/mol. The van der Waals surface area contributed by atoms with Crippen molar-refractivity contribution in [3.8, 4) is 17.2 Å². The Bertz CT molecular complexity index is 825. The third-order valence-corrected chi connectivity index (χ3v) is 3.78. The number of nitro benzene ring substituents is 1. The van der Waals surface area contributed by atoms with Crippen molar-refractivity contribution in [3.63, 3.8) is 0 Å². The number of benzene rings is 2. The number of hydrogen-bond donors (Lipinski definition) is 2. The first-order valence-electron chi connectivity index (χ1n) is 8.07. The van der Waals surface area contributed by atoms with Crippen molar-refractivity contribution < 1.29 is 23.9 Å². The monoisotopic (exact) mass is 375 g/mol. The van der Waals surface area contributed by atoms with Crippen LogP contribution in [0.1, 0.15) is 10.4 Å². The van der Waals surface area contributed by atoms with Crippen LogP contribution in [0.25, 0.3) is 0 Å². The Morgan fingerprint density at radius 2 is 1.63 bits per heavy atom. The van der Waals surface area contributed by atoms with Crippen molar-refractivity contribution in [2.75, 3.05) is 39.7 Å². The fourth-order valence-electron chi connectivity index (χ4n) is 2.46. The van der Waals surface area contributed by atoms with E-state index in [4.69, 9.17) is 14.2 Å². The predicted molar refractivity (Wildman–Crippen MR) is 100 cm³/mol. The first-order valence-corrected chi connectivity index (χ1v) is 8.07. The topological polar surface area (TPSA) is 112 Å². The summed E-state index contributed by atoms with van der Waals surface area (Å²) in [6.45, 7) is 0.564. The molecule has 2 N–H and O–H groups in total. The Balaban J connectivity index is 2.01. The smallest absolute Gasteiger partial charge is 0.292 e. The molecule has 2 rings (SSSR count). The summed E-state index contributed by atoms with van der Waals surface area (Å²) < 4.78 is 15.6. The number of rotatable bonds is 9. The summed E-state index contributed by atoms with van der Waals surface area (Å²) in [5.74, 6) is 0.833. The van der Waals surface area contributed by atoms with Crippen LogP contribution in [0.5, 0.6) is 17.2 Å². The second-order valence-corrected chi connectivity index (χ2v) is 5.36. The molecular formula is C18H21N3O6. The summed E-state index contributed by atoms with van der Waals surface area (Å²) in [6, 6.07) is 9.41. The number of nitro groups is 1. The van der Waals surface area contributed by atoms with Gasteiger partial charge in [0.25, 0.3) is 11.6 Å². The number of anilines is 1. The number of hydrogen-bond acceptors (Lipinski definition) is 7. The fraction of sp³-hybridized carbons (Fsp3) is 0.278. The molecule has 0 aliphatic heterocycles. The minimum atomic E-state index is -0.463. The van der Waals surface area contributed by atoms with E-state index in [2.05, 4.69) is 10.6 Å². The number of amides is 1. The lowest BCUT2D eigenvalue weighted by Crippen LogP contribution is -2.29. The van der Waals surface area contributed by atoms with Gasteiger partial charge in [-0.15, -0.1) is 0 Å². The van der Waals surface area contributed by atoms with Gasteiger partial charge in [0.2, 0.25) is 0 Å². The van der Waals surface area contributed by atoms with E-state index in [1.54, 1.807) is 24.3 Å². The third kappa shape index (κ3) is 4.78. The SMILES string of the molecule is COc1cc(OC)c(C(=O)NCCNc2ccccc2[N+](=O)[O-])cc1OC. The Labute approximate surface area is 156 Å². The average Bonchev–Trinajstić information content (AvgIpc) is 2.69. The molecule has 0 aromatic heterocycles. The molecule has 2 aromatic rings. The minimum Gasteiger partial charge on any atom is -0.496 e. The van der Waals surface area contributed by atoms with E-state index in [-0.39, 0.29) is 18.1 Å². The van der Waals surface area contributed by atoms with Crippen molar-refractivity contribution >= 4 is 17.3 Å². The van der Waals surface area contributed by atoms with Crippen LogP contribution in [0, 0.1) is 10.1 Å². The van der Waals surface area contributed by atoms with Gasteiger partial charge in [-0.2, -0.15) is 0 Å². The van der Waals surface area contributed by atoms with Gasteiger partial charge in [-0.25, -0.2) is 0 Å². The van der Waals surface area contributed by atoms with Crippen LogP contribution in [0.15, 0.2) is 36.4 Å². The van der Waals surface area contributed by atoms with Crippen LogP contribution >= 0.6 is 0 Å². The lowest BCUT2D eigenvalue weighted by Gasteiger charge is -2.14. The van der Waals surface area contributed by atoms with E-state index in [0.717, 1.165) is 0 Å². The van der Waals surface area contributed by atoms with Crippen LogP contribution in [0.4, 0.5) is 11.4 Å². The number of nitrogens with zero attached hydrogens (tertiary/aromatic N) is 1. The number of para-hydroxylation sites is 2. The highest BCUT2D eigenvalue weighted by Gasteiger charge is 2.17. The highest BCUT2D eigenvalue weighted by atomic mass is 16.6. The fourth-order valence-corrected chi connectivity index (χ4v) is 2.46. The summed E-state index contributed by atoms with van der Waals surface area (Å²) in [4.78, 5) is 23.0. The molecule has 27 heavy (non-hydrogen) atoms. The van der Waals surface area contributed by atoms with Gasteiger partial charge >= 0.3 is 0 Å². The van der Waals surface area contributed by atoms with Gasteiger partial charge in [-0.3, -0.25) is 14.9 Å². The molecular weight excluding hydrogens is 354 g/mol. The normalized spacial score (nSPS) is 10.0. The molecule has 0 unspecified atom stereocenters. The minimum absolute atomic E-state index is 0.0228. The van der Waals surface area contributed by atoms with Gasteiger partial charge < -0.3 is 24.8 Å². The Hall–Kier alpha value is -3.49. The lowest BCUT2D eigenvalue weighted by atomic mass is 10.1. The van der Waals surface area contributed by atoms with E-state index >= 15 is 0 Å². The molecule has 144 valence electrons. The van der Waals surface area contributed by atoms with Crippen LogP contribution < -0.4 is 24.8 Å². The Kier molecular flexibility index (Phi) is 6.81. The predicted octanol–water partition coefficient (Wildman–Crippen LogP) is 2.46. The zero-order valence-corrected chi connectivity index (χ0v) is 15.3. The number of carbonyl (C=O) groups excluding carboxylic acids is 1. The Morgan fingerprint density at radius 1 is 1.00 bits per heavy atom. The van der Waals surface area contributed by atoms with Crippen LogP contribution in [0.2, 0.25) is 0 Å². The maximum absolute atomic E-state index is 12.5. The van der Waals surface area contributed by atoms with E-state index < -0.39 is 4.92 Å². The van der Waals surface area contributed by atoms with Crippen LogP contribution in [-0.4, -0.2) is 45.2 Å². The molecule has 0 radical (unpaired) electrons. The van der Waals surface area contributed by atoms with Gasteiger partial charge in [0.05, 0.1) is 31.8 Å². The summed E-state index contributed by atoms with van der Waals surface area (Å²) in [5, 5.41) is 16.7. The number of methoxy groups -OCH3 is 3. The van der Waals surface area contributed by atoms with Gasteiger partial charge in [-0.05, 0) is 6.07 Å². The molecule has 0 heterocycles. The van der Waals surface area contributed by atoms with Crippen molar-refractivity contribution in [1.29, 1.82) is 0 Å². The molecule has 0 spiro atoms. The number of carbonyl (C=O) groups is 1. The maximum atomic E-state index is 12.5. The lowest BCUT2D eigenvalue weighted by molar-refractivity contribution is -0.384. The number of ether oxygens (including phenoxy) is 3. The number of nitrogens with one attached hydrogen (secondary N) is 2. The third-order valence-electron chi connectivity index (χ3n) is 3.78. The molecule has 0 aliphatic carbocycles. The molecule has 1 amide bonds. The zero-order chi connectivity index (χ0) is 19.8. The highest BCUT2D eigenvalue weighted by molar-refractivity contribution is 5.97. The van der Waals surface area contributed by atoms with Crippen molar-refractivity contribution in [2.24, 2.45) is 0 Å². The van der Waals surface area contributed by atoms with Crippen molar-refractivity contribution in [1.82, 2.24) is 5.32 Å². The summed E-state index contributed by atoms with van der Waals surface area (Å²) in [6.07, 6.45) is 0. The van der Waals surface area contributed by atoms with E-state index in [1.807, 2.05) is 0 Å². The first kappa shape index (κ1) is 19.8. The van der Waals surface area contributed by atoms with Gasteiger partial charge in [0, 0.05) is 31.3 Å². The summed E-state index contributed by atoms with van der Waals surface area (Å²) >= 11 is 0. The molecule has 0 saturated heterocycles. The summed E-state index contributed by atoms with van der Waals surface area (Å²) in [5.41, 5.74) is 0.659. The largest absolute Gasteiger partial charge is 0.496 e. The van der Waals surface area contributed by atoms with E-state index in [9.17, 15) is 14.9 Å². The summed E-state index contributed by atoms with van der Waals surface area (Å²) in [7, 11) is 4.42. The molecule has 0 atom stereocenters. The van der Waals surface area contributed by atoms with E-state index in [0.29, 0.717) is 35.0 Å². The van der Waals surface area contributed by atoms with E-state index in [1.165, 1.54) is 33.5 Å². The standard InChI is InChI=1S/C18H21N3O6/c1-25-15-11-17(27-3)16(26-2)10-12(15)18(22)20-9-8-19-13-6-4-5-7-14(13)21(23)24/h4-7,10-11,19H,8-9H2,1-3H3,(H,20,22). The zero-order valence-electron chi connectivity index (χ0n) is 15.3. The Morgan fingerprint density at radius 3 is 2.26 bits per heavy atom. The second kappa shape index (κ2) is 9.27.